The van der Waals surface area contributed by atoms with Crippen molar-refractivity contribution in [3.05, 3.63) is 29.8 Å². The van der Waals surface area contributed by atoms with Crippen LogP contribution in [0.15, 0.2) is 29.3 Å². The molecule has 154 valence electrons. The predicted octanol–water partition coefficient (Wildman–Crippen LogP) is 3.09. The highest BCUT2D eigenvalue weighted by atomic mass is 127. The monoisotopic (exact) mass is 490 g/mol. The number of ether oxygens (including phenoxy) is 1. The fraction of sp³-hybridized carbons (Fsp3) is 0.600. The van der Waals surface area contributed by atoms with Gasteiger partial charge in [-0.25, -0.2) is 0 Å². The van der Waals surface area contributed by atoms with Crippen LogP contribution in [0.4, 0.5) is 0 Å². The molecular formula is C20H35IN4O2. The molecule has 1 atom stereocenters. The number of benzene rings is 1. The van der Waals surface area contributed by atoms with E-state index in [2.05, 4.69) is 43.3 Å². The molecule has 0 spiro atoms. The molecule has 0 saturated carbocycles. The number of guanidine groups is 1. The summed E-state index contributed by atoms with van der Waals surface area (Å²) in [6.45, 7) is 10.2. The molecule has 0 aromatic heterocycles. The second-order valence-corrected chi connectivity index (χ2v) is 6.93. The van der Waals surface area contributed by atoms with Gasteiger partial charge in [-0.05, 0) is 56.7 Å². The average molecular weight is 490 g/mol. The lowest BCUT2D eigenvalue weighted by Crippen LogP contribution is -2.42. The van der Waals surface area contributed by atoms with Gasteiger partial charge in [0.1, 0.15) is 5.75 Å². The number of hydrogen-bond donors (Lipinski definition) is 3. The fourth-order valence-corrected chi connectivity index (χ4v) is 2.41. The molecule has 0 radical (unpaired) electrons. The molecule has 1 rings (SSSR count). The van der Waals surface area contributed by atoms with E-state index in [4.69, 9.17) is 10.5 Å². The first-order valence-electron chi connectivity index (χ1n) is 9.45. The summed E-state index contributed by atoms with van der Waals surface area (Å²) in [5.74, 6) is 1.75. The minimum atomic E-state index is -0.477. The number of nitrogens with one attached hydrogen (secondary N) is 2. The minimum absolute atomic E-state index is 0. The van der Waals surface area contributed by atoms with Crippen molar-refractivity contribution in [2.75, 3.05) is 19.7 Å². The Morgan fingerprint density at radius 2 is 1.85 bits per heavy atom. The van der Waals surface area contributed by atoms with Crippen LogP contribution in [0.2, 0.25) is 0 Å². The van der Waals surface area contributed by atoms with E-state index in [1.54, 1.807) is 0 Å². The van der Waals surface area contributed by atoms with Gasteiger partial charge in [-0.3, -0.25) is 9.79 Å². The SMILES string of the molecule is CCNC(=NCCc1ccc(OCC(N)=O)cc1)NC(C)CCC(C)C.I. The molecule has 0 aliphatic heterocycles. The topological polar surface area (TPSA) is 88.7 Å². The highest BCUT2D eigenvalue weighted by molar-refractivity contribution is 14.0. The van der Waals surface area contributed by atoms with Crippen LogP contribution >= 0.6 is 24.0 Å². The van der Waals surface area contributed by atoms with Crippen molar-refractivity contribution in [2.45, 2.75) is 53.0 Å². The van der Waals surface area contributed by atoms with Crippen molar-refractivity contribution < 1.29 is 9.53 Å². The van der Waals surface area contributed by atoms with Crippen molar-refractivity contribution in [2.24, 2.45) is 16.6 Å². The number of rotatable bonds is 11. The van der Waals surface area contributed by atoms with E-state index in [1.807, 2.05) is 24.3 Å². The lowest BCUT2D eigenvalue weighted by molar-refractivity contribution is -0.119. The normalized spacial score (nSPS) is 12.3. The van der Waals surface area contributed by atoms with E-state index >= 15 is 0 Å². The van der Waals surface area contributed by atoms with Crippen molar-refractivity contribution >= 4 is 35.8 Å². The third kappa shape index (κ3) is 12.5. The molecule has 0 heterocycles. The first-order valence-corrected chi connectivity index (χ1v) is 9.45. The first kappa shape index (κ1) is 25.5. The van der Waals surface area contributed by atoms with Crippen molar-refractivity contribution in [3.63, 3.8) is 0 Å². The molecule has 1 aromatic rings. The predicted molar refractivity (Wildman–Crippen MR) is 123 cm³/mol. The van der Waals surface area contributed by atoms with Gasteiger partial charge in [0.15, 0.2) is 12.6 Å². The lowest BCUT2D eigenvalue weighted by atomic mass is 10.0. The Morgan fingerprint density at radius 1 is 1.19 bits per heavy atom. The van der Waals surface area contributed by atoms with Gasteiger partial charge in [0.2, 0.25) is 0 Å². The largest absolute Gasteiger partial charge is 0.484 e. The minimum Gasteiger partial charge on any atom is -0.484 e. The van der Waals surface area contributed by atoms with Crippen molar-refractivity contribution in [3.8, 4) is 5.75 Å². The van der Waals surface area contributed by atoms with Crippen molar-refractivity contribution in [1.29, 1.82) is 0 Å². The summed E-state index contributed by atoms with van der Waals surface area (Å²) in [6.07, 6.45) is 3.18. The molecule has 0 aliphatic carbocycles. The van der Waals surface area contributed by atoms with E-state index in [9.17, 15) is 4.79 Å². The molecule has 0 saturated heterocycles. The van der Waals surface area contributed by atoms with Crippen LogP contribution in [0, 0.1) is 5.92 Å². The average Bonchev–Trinajstić information content (AvgIpc) is 2.59. The maximum absolute atomic E-state index is 10.7. The zero-order chi connectivity index (χ0) is 19.4. The molecule has 1 unspecified atom stereocenters. The molecule has 7 heteroatoms. The van der Waals surface area contributed by atoms with E-state index in [-0.39, 0.29) is 30.6 Å². The smallest absolute Gasteiger partial charge is 0.255 e. The number of carbonyl (C=O) groups excluding carboxylic acids is 1. The number of nitrogens with zero attached hydrogens (tertiary/aromatic N) is 1. The highest BCUT2D eigenvalue weighted by Crippen LogP contribution is 2.12. The molecule has 0 bridgehead atoms. The van der Waals surface area contributed by atoms with E-state index in [0.717, 1.165) is 25.3 Å². The quantitative estimate of drug-likeness (QED) is 0.253. The Hall–Kier alpha value is -1.51. The van der Waals surface area contributed by atoms with Crippen LogP contribution in [0.25, 0.3) is 0 Å². The Morgan fingerprint density at radius 3 is 2.41 bits per heavy atom. The van der Waals surface area contributed by atoms with Gasteiger partial charge in [-0.1, -0.05) is 26.0 Å². The Labute approximate surface area is 180 Å². The zero-order valence-corrected chi connectivity index (χ0v) is 19.3. The van der Waals surface area contributed by atoms with E-state index in [0.29, 0.717) is 24.3 Å². The number of aliphatic imine (C=N–C) groups is 1. The summed E-state index contributed by atoms with van der Waals surface area (Å²) in [5.41, 5.74) is 6.24. The van der Waals surface area contributed by atoms with Crippen LogP contribution in [-0.4, -0.2) is 37.6 Å². The molecule has 4 N–H and O–H groups in total. The maximum atomic E-state index is 10.7. The van der Waals surface area contributed by atoms with Crippen LogP contribution in [0.3, 0.4) is 0 Å². The maximum Gasteiger partial charge on any atom is 0.255 e. The molecule has 6 nitrogen and oxygen atoms in total. The number of amides is 1. The van der Waals surface area contributed by atoms with Gasteiger partial charge in [-0.2, -0.15) is 0 Å². The van der Waals surface area contributed by atoms with Crippen LogP contribution < -0.4 is 21.1 Å². The number of nitrogens with two attached hydrogens (primary N) is 1. The Bertz CT molecular complexity index is 562. The summed E-state index contributed by atoms with van der Waals surface area (Å²) in [6, 6.07) is 8.06. The molecule has 27 heavy (non-hydrogen) atoms. The second-order valence-electron chi connectivity index (χ2n) is 6.93. The number of carbonyl (C=O) groups is 1. The summed E-state index contributed by atoms with van der Waals surface area (Å²) < 4.78 is 5.26. The first-order chi connectivity index (χ1) is 12.4. The highest BCUT2D eigenvalue weighted by Gasteiger charge is 2.06. The van der Waals surface area contributed by atoms with E-state index < -0.39 is 5.91 Å². The zero-order valence-electron chi connectivity index (χ0n) is 17.0. The van der Waals surface area contributed by atoms with Gasteiger partial charge in [-0.15, -0.1) is 24.0 Å². The van der Waals surface area contributed by atoms with Crippen LogP contribution in [-0.2, 0) is 11.2 Å². The third-order valence-electron chi connectivity index (χ3n) is 3.88. The molecular weight excluding hydrogens is 455 g/mol. The van der Waals surface area contributed by atoms with Crippen LogP contribution in [0.5, 0.6) is 5.75 Å². The van der Waals surface area contributed by atoms with E-state index in [1.165, 1.54) is 12.0 Å². The summed E-state index contributed by atoms with van der Waals surface area (Å²) in [5, 5.41) is 6.77. The van der Waals surface area contributed by atoms with Crippen LogP contribution in [0.1, 0.15) is 46.1 Å². The lowest BCUT2D eigenvalue weighted by Gasteiger charge is -2.18. The van der Waals surface area contributed by atoms with Gasteiger partial charge in [0.25, 0.3) is 5.91 Å². The van der Waals surface area contributed by atoms with Gasteiger partial charge < -0.3 is 21.1 Å². The number of halogens is 1. The molecule has 1 aromatic carbocycles. The van der Waals surface area contributed by atoms with Gasteiger partial charge in [0, 0.05) is 19.1 Å². The molecule has 0 aliphatic rings. The standard InChI is InChI=1S/C20H34N4O2.HI/c1-5-22-20(24-16(4)7-6-15(2)3)23-13-12-17-8-10-18(11-9-17)26-14-19(21)25;/h8-11,15-16H,5-7,12-14H2,1-4H3,(H2,21,25)(H2,22,23,24);1H. The molecule has 1 amide bonds. The summed E-state index contributed by atoms with van der Waals surface area (Å²) >= 11 is 0. The van der Waals surface area contributed by atoms with Crippen molar-refractivity contribution in [1.82, 2.24) is 10.6 Å². The second kappa shape index (κ2) is 14.5. The Balaban J connectivity index is 0.00000676. The number of primary amides is 1. The summed E-state index contributed by atoms with van der Waals surface area (Å²) in [7, 11) is 0. The summed E-state index contributed by atoms with van der Waals surface area (Å²) in [4.78, 5) is 15.4. The van der Waals surface area contributed by atoms with Gasteiger partial charge in [0.05, 0.1) is 0 Å². The third-order valence-corrected chi connectivity index (χ3v) is 3.88. The van der Waals surface area contributed by atoms with Gasteiger partial charge >= 0.3 is 0 Å². The molecule has 0 fully saturated rings. The fourth-order valence-electron chi connectivity index (χ4n) is 2.41. The Kier molecular flexibility index (Phi) is 13.7. The number of hydrogen-bond acceptors (Lipinski definition) is 3.